The van der Waals surface area contributed by atoms with Crippen molar-refractivity contribution in [1.29, 1.82) is 0 Å². The quantitative estimate of drug-likeness (QED) is 0.585. The van der Waals surface area contributed by atoms with E-state index in [1.807, 2.05) is 12.2 Å². The minimum atomic E-state index is 0.820. The highest BCUT2D eigenvalue weighted by atomic mass is 14.7. The predicted octanol–water partition coefficient (Wildman–Crippen LogP) is 2.67. The molecule has 2 heteroatoms. The number of hydrogen-bond acceptors (Lipinski definition) is 2. The van der Waals surface area contributed by atoms with Gasteiger partial charge in [0.05, 0.1) is 0 Å². The average Bonchev–Trinajstić information content (AvgIpc) is 2.39. The van der Waals surface area contributed by atoms with Gasteiger partial charge in [-0.25, -0.2) is 0 Å². The minimum Gasteiger partial charge on any atom is -0.265 e. The largest absolute Gasteiger partial charge is 0.265 e. The zero-order valence-corrected chi connectivity index (χ0v) is 7.48. The van der Waals surface area contributed by atoms with Crippen molar-refractivity contribution in [1.82, 2.24) is 0 Å². The maximum Gasteiger partial charge on any atom is 0.0318 e. The van der Waals surface area contributed by atoms with Crippen molar-refractivity contribution in [2.45, 2.75) is 6.42 Å². The van der Waals surface area contributed by atoms with Gasteiger partial charge in [0.2, 0.25) is 0 Å². The molecule has 13 heavy (non-hydrogen) atoms. The summed E-state index contributed by atoms with van der Waals surface area (Å²) in [6.45, 7) is 7.23. The van der Waals surface area contributed by atoms with Crippen LogP contribution in [0.4, 0.5) is 0 Å². The van der Waals surface area contributed by atoms with Crippen LogP contribution in [-0.4, -0.2) is 12.4 Å². The highest BCUT2D eigenvalue weighted by molar-refractivity contribution is 5.83. The van der Waals surface area contributed by atoms with Crippen LogP contribution in [0, 0.1) is 0 Å². The Bertz CT molecular complexity index is 317. The fourth-order valence-electron chi connectivity index (χ4n) is 0.985. The molecular formula is C11H12N2. The van der Waals surface area contributed by atoms with Crippen molar-refractivity contribution in [2.24, 2.45) is 9.98 Å². The maximum absolute atomic E-state index is 4.07. The van der Waals surface area contributed by atoms with Crippen molar-refractivity contribution < 1.29 is 0 Å². The van der Waals surface area contributed by atoms with Gasteiger partial charge in [-0.15, -0.1) is 0 Å². The van der Waals surface area contributed by atoms with Gasteiger partial charge < -0.3 is 0 Å². The first-order valence-corrected chi connectivity index (χ1v) is 4.04. The van der Waals surface area contributed by atoms with Crippen molar-refractivity contribution in [3.63, 3.8) is 0 Å². The van der Waals surface area contributed by atoms with Gasteiger partial charge in [0, 0.05) is 31.2 Å². The lowest BCUT2D eigenvalue weighted by Crippen LogP contribution is -1.85. The summed E-state index contributed by atoms with van der Waals surface area (Å²) in [5.74, 6) is 0. The Morgan fingerprint density at radius 1 is 1.38 bits per heavy atom. The van der Waals surface area contributed by atoms with Gasteiger partial charge in [0.25, 0.3) is 0 Å². The van der Waals surface area contributed by atoms with Crippen LogP contribution in [-0.2, 0) is 0 Å². The van der Waals surface area contributed by atoms with E-state index >= 15 is 0 Å². The van der Waals surface area contributed by atoms with Crippen LogP contribution in [0.25, 0.3) is 0 Å². The lowest BCUT2D eigenvalue weighted by Gasteiger charge is -1.98. The molecule has 0 saturated carbocycles. The zero-order chi connectivity index (χ0) is 9.52. The van der Waals surface area contributed by atoms with Gasteiger partial charge in [0.1, 0.15) is 0 Å². The average molecular weight is 172 g/mol. The third kappa shape index (κ3) is 3.03. The monoisotopic (exact) mass is 172 g/mol. The molecule has 1 rings (SSSR count). The zero-order valence-electron chi connectivity index (χ0n) is 7.48. The molecule has 66 valence electrons. The van der Waals surface area contributed by atoms with E-state index in [1.54, 1.807) is 18.6 Å². The molecule has 2 nitrogen and oxygen atoms in total. The fraction of sp³-hybridized carbons (Fsp3) is 0.0909. The van der Waals surface area contributed by atoms with Gasteiger partial charge in [-0.3, -0.25) is 9.98 Å². The van der Waals surface area contributed by atoms with Crippen molar-refractivity contribution >= 4 is 12.4 Å². The van der Waals surface area contributed by atoms with E-state index in [2.05, 4.69) is 23.1 Å². The normalized spacial score (nSPS) is 16.3. The molecule has 0 atom stereocenters. The summed E-state index contributed by atoms with van der Waals surface area (Å²) in [7, 11) is 0. The Hall–Kier alpha value is -1.70. The van der Waals surface area contributed by atoms with E-state index in [4.69, 9.17) is 0 Å². The molecule has 0 N–H and O–H groups in total. The van der Waals surface area contributed by atoms with Crippen molar-refractivity contribution in [2.75, 3.05) is 0 Å². The number of aliphatic imine (C=N–C) groups is 2. The number of hydrogen-bond donors (Lipinski definition) is 0. The van der Waals surface area contributed by atoms with Crippen LogP contribution in [0.3, 0.4) is 0 Å². The van der Waals surface area contributed by atoms with Gasteiger partial charge in [-0.05, 0) is 17.2 Å². The number of rotatable bonds is 3. The lowest BCUT2D eigenvalue weighted by molar-refractivity contribution is 1.24. The lowest BCUT2D eigenvalue weighted by atomic mass is 10.1. The summed E-state index contributed by atoms with van der Waals surface area (Å²) in [4.78, 5) is 8.01. The van der Waals surface area contributed by atoms with Gasteiger partial charge in [-0.2, -0.15) is 0 Å². The van der Waals surface area contributed by atoms with Crippen LogP contribution in [0.5, 0.6) is 0 Å². The SMILES string of the molecule is C=C/N=C\C1=CN=CC=C(C=C)C1. The topological polar surface area (TPSA) is 24.7 Å². The third-order valence-corrected chi connectivity index (χ3v) is 1.63. The Morgan fingerprint density at radius 2 is 2.23 bits per heavy atom. The molecule has 0 saturated heterocycles. The molecule has 0 aromatic carbocycles. The van der Waals surface area contributed by atoms with Gasteiger partial charge in [0.15, 0.2) is 0 Å². The first kappa shape index (κ1) is 9.39. The summed E-state index contributed by atoms with van der Waals surface area (Å²) in [6.07, 6.45) is 11.4. The van der Waals surface area contributed by atoms with Crippen LogP contribution in [0.1, 0.15) is 6.42 Å². The summed E-state index contributed by atoms with van der Waals surface area (Å²) >= 11 is 0. The van der Waals surface area contributed by atoms with E-state index in [0.29, 0.717) is 0 Å². The molecule has 1 aliphatic rings. The smallest absolute Gasteiger partial charge is 0.0318 e. The van der Waals surface area contributed by atoms with E-state index in [1.165, 1.54) is 6.20 Å². The fourth-order valence-corrected chi connectivity index (χ4v) is 0.985. The Kier molecular flexibility index (Phi) is 3.64. The summed E-state index contributed by atoms with van der Waals surface area (Å²) in [5, 5.41) is 0. The molecule has 0 unspecified atom stereocenters. The minimum absolute atomic E-state index is 0.820. The first-order chi connectivity index (χ1) is 6.36. The second-order valence-electron chi connectivity index (χ2n) is 2.59. The van der Waals surface area contributed by atoms with E-state index in [-0.39, 0.29) is 0 Å². The van der Waals surface area contributed by atoms with Crippen molar-refractivity contribution in [3.8, 4) is 0 Å². The molecular weight excluding hydrogens is 160 g/mol. The maximum atomic E-state index is 4.07. The molecule has 0 spiro atoms. The highest BCUT2D eigenvalue weighted by Crippen LogP contribution is 2.12. The molecule has 0 aromatic heterocycles. The molecule has 0 bridgehead atoms. The molecule has 0 amide bonds. The molecule has 0 radical (unpaired) electrons. The molecule has 0 fully saturated rings. The highest BCUT2D eigenvalue weighted by Gasteiger charge is 1.98. The van der Waals surface area contributed by atoms with E-state index in [0.717, 1.165) is 17.6 Å². The number of allylic oxidation sites excluding steroid dienone is 4. The van der Waals surface area contributed by atoms with E-state index in [9.17, 15) is 0 Å². The van der Waals surface area contributed by atoms with Crippen LogP contribution in [0.2, 0.25) is 0 Å². The molecule has 1 aliphatic heterocycles. The predicted molar refractivity (Wildman–Crippen MR) is 58.2 cm³/mol. The second-order valence-corrected chi connectivity index (χ2v) is 2.59. The van der Waals surface area contributed by atoms with Crippen LogP contribution < -0.4 is 0 Å². The van der Waals surface area contributed by atoms with Crippen LogP contribution >= 0.6 is 0 Å². The van der Waals surface area contributed by atoms with E-state index < -0.39 is 0 Å². The molecule has 0 aliphatic carbocycles. The third-order valence-electron chi connectivity index (χ3n) is 1.63. The second kappa shape index (κ2) is 5.04. The van der Waals surface area contributed by atoms with Crippen molar-refractivity contribution in [3.05, 3.63) is 48.9 Å². The number of nitrogens with zero attached hydrogens (tertiary/aromatic N) is 2. The van der Waals surface area contributed by atoms with Gasteiger partial charge in [-0.1, -0.05) is 19.2 Å². The first-order valence-electron chi connectivity index (χ1n) is 4.04. The molecule has 1 heterocycles. The standard InChI is InChI=1S/C11H12N2/c1-3-10-5-6-13-9-11(7-10)8-12-4-2/h3-6,8-9H,1-2,7H2/b12-8-. The Balaban J connectivity index is 2.78. The summed E-state index contributed by atoms with van der Waals surface area (Å²) in [5.41, 5.74) is 2.20. The molecule has 0 aromatic rings. The Morgan fingerprint density at radius 3 is 2.92 bits per heavy atom. The Labute approximate surface area is 78.4 Å². The van der Waals surface area contributed by atoms with Gasteiger partial charge >= 0.3 is 0 Å². The van der Waals surface area contributed by atoms with Crippen LogP contribution in [0.15, 0.2) is 58.8 Å². The summed E-state index contributed by atoms with van der Waals surface area (Å²) < 4.78 is 0. The summed E-state index contributed by atoms with van der Waals surface area (Å²) in [6, 6.07) is 0.